The van der Waals surface area contributed by atoms with Gasteiger partial charge < -0.3 is 9.30 Å². The second-order valence-electron chi connectivity index (χ2n) is 3.13. The van der Waals surface area contributed by atoms with E-state index in [0.29, 0.717) is 11.8 Å². The van der Waals surface area contributed by atoms with Crippen molar-refractivity contribution in [2.24, 2.45) is 17.0 Å². The largest absolute Gasteiger partial charge is 0.448 e. The third-order valence-corrected chi connectivity index (χ3v) is 3.56. The number of rotatable bonds is 1. The first-order valence-corrected chi connectivity index (χ1v) is 7.14. The number of aryl methyl sites for hydroxylation is 1. The van der Waals surface area contributed by atoms with Crippen molar-refractivity contribution in [3.63, 3.8) is 0 Å². The van der Waals surface area contributed by atoms with Gasteiger partial charge in [-0.05, 0) is 20.1 Å². The Balaban J connectivity index is 3.01. The molecule has 7 heteroatoms. The maximum Gasteiger partial charge on any atom is 0.436 e. The maximum absolute atomic E-state index is 11.2. The van der Waals surface area contributed by atoms with Gasteiger partial charge in [0.1, 0.15) is 0 Å². The number of nitrogens with zero attached hydrogens (tertiary/aromatic N) is 3. The number of carbonyl (C=O) groups excluding carboxylic acids is 1. The Morgan fingerprint density at radius 3 is 2.82 bits per heavy atom. The summed E-state index contributed by atoms with van der Waals surface area (Å²) in [7, 11) is 1.92. The number of aromatic nitrogens is 1. The Bertz CT molecular complexity index is 488. The van der Waals surface area contributed by atoms with E-state index in [4.69, 9.17) is 4.74 Å². The van der Waals surface area contributed by atoms with Crippen LogP contribution in [0.5, 0.6) is 0 Å². The molecule has 0 fully saturated rings. The van der Waals surface area contributed by atoms with Crippen molar-refractivity contribution in [3.8, 4) is 0 Å². The summed E-state index contributed by atoms with van der Waals surface area (Å²) >= 11 is 2.82. The van der Waals surface area contributed by atoms with Crippen LogP contribution in [0, 0.1) is 6.92 Å². The molecule has 0 aliphatic carbocycles. The van der Waals surface area contributed by atoms with Crippen molar-refractivity contribution in [2.75, 3.05) is 12.9 Å². The standard InChI is InChI=1S/C10H15N3O2S2/c1-5-15-10(14)12-8(16-4)11-9-13(3)7(2)6-17-9/h6H,5H2,1-4H3. The fourth-order valence-corrected chi connectivity index (χ4v) is 2.26. The van der Waals surface area contributed by atoms with Crippen LogP contribution in [-0.2, 0) is 11.8 Å². The molecule has 1 aromatic rings. The van der Waals surface area contributed by atoms with Gasteiger partial charge in [0.2, 0.25) is 0 Å². The molecule has 0 bridgehead atoms. The van der Waals surface area contributed by atoms with Gasteiger partial charge in [-0.2, -0.15) is 4.99 Å². The number of hydrogen-bond acceptors (Lipinski definition) is 4. The van der Waals surface area contributed by atoms with Crippen molar-refractivity contribution in [1.82, 2.24) is 4.57 Å². The number of ether oxygens (including phenoxy) is 1. The molecular weight excluding hydrogens is 258 g/mol. The van der Waals surface area contributed by atoms with Crippen molar-refractivity contribution in [1.29, 1.82) is 0 Å². The van der Waals surface area contributed by atoms with Gasteiger partial charge in [0, 0.05) is 18.1 Å². The van der Waals surface area contributed by atoms with Crippen LogP contribution in [0.3, 0.4) is 0 Å². The minimum absolute atomic E-state index is 0.315. The summed E-state index contributed by atoms with van der Waals surface area (Å²) < 4.78 is 6.69. The van der Waals surface area contributed by atoms with E-state index in [0.717, 1.165) is 10.5 Å². The molecule has 94 valence electrons. The van der Waals surface area contributed by atoms with Gasteiger partial charge >= 0.3 is 6.09 Å². The van der Waals surface area contributed by atoms with E-state index in [1.165, 1.54) is 23.1 Å². The van der Waals surface area contributed by atoms with E-state index < -0.39 is 6.09 Å². The van der Waals surface area contributed by atoms with Crippen LogP contribution in [0.1, 0.15) is 12.6 Å². The van der Waals surface area contributed by atoms with Gasteiger partial charge in [-0.1, -0.05) is 11.8 Å². The molecule has 1 amide bonds. The zero-order chi connectivity index (χ0) is 12.8. The molecule has 0 spiro atoms. The summed E-state index contributed by atoms with van der Waals surface area (Å²) in [5, 5.41) is 2.40. The second-order valence-corrected chi connectivity index (χ2v) is 4.74. The van der Waals surface area contributed by atoms with E-state index in [1.54, 1.807) is 6.92 Å². The lowest BCUT2D eigenvalue weighted by Gasteiger charge is -1.98. The normalized spacial score (nSPS) is 12.9. The third kappa shape index (κ3) is 4.01. The average molecular weight is 273 g/mol. The number of thiazole rings is 1. The monoisotopic (exact) mass is 273 g/mol. The molecule has 1 heterocycles. The maximum atomic E-state index is 11.2. The first kappa shape index (κ1) is 14.0. The van der Waals surface area contributed by atoms with Crippen LogP contribution < -0.4 is 4.80 Å². The Morgan fingerprint density at radius 2 is 2.35 bits per heavy atom. The van der Waals surface area contributed by atoms with Gasteiger partial charge in [0.05, 0.1) is 6.61 Å². The number of amides is 1. The molecule has 0 aromatic carbocycles. The van der Waals surface area contributed by atoms with E-state index >= 15 is 0 Å². The Kier molecular flexibility index (Phi) is 5.43. The highest BCUT2D eigenvalue weighted by molar-refractivity contribution is 8.13. The molecule has 0 saturated heterocycles. The molecule has 0 aliphatic rings. The Labute approximate surface area is 108 Å². The van der Waals surface area contributed by atoms with E-state index in [1.807, 2.05) is 30.2 Å². The molecule has 5 nitrogen and oxygen atoms in total. The van der Waals surface area contributed by atoms with Crippen molar-refractivity contribution in [3.05, 3.63) is 15.9 Å². The number of amidine groups is 1. The fourth-order valence-electron chi connectivity index (χ4n) is 0.980. The molecule has 0 atom stereocenters. The molecule has 0 aliphatic heterocycles. The predicted molar refractivity (Wildman–Crippen MR) is 71.6 cm³/mol. The van der Waals surface area contributed by atoms with Gasteiger partial charge in [0.15, 0.2) is 9.97 Å². The van der Waals surface area contributed by atoms with E-state index in [2.05, 4.69) is 9.98 Å². The summed E-state index contributed by atoms with van der Waals surface area (Å²) in [6.45, 7) is 4.05. The summed E-state index contributed by atoms with van der Waals surface area (Å²) in [5.41, 5.74) is 1.12. The number of hydrogen-bond donors (Lipinski definition) is 0. The fraction of sp³-hybridized carbons (Fsp3) is 0.500. The quantitative estimate of drug-likeness (QED) is 0.582. The lowest BCUT2D eigenvalue weighted by molar-refractivity contribution is 0.163. The first-order chi connectivity index (χ1) is 8.08. The molecule has 0 radical (unpaired) electrons. The van der Waals surface area contributed by atoms with Gasteiger partial charge in [-0.3, -0.25) is 0 Å². The minimum atomic E-state index is -0.600. The topological polar surface area (TPSA) is 55.9 Å². The molecule has 0 N–H and O–H groups in total. The summed E-state index contributed by atoms with van der Waals surface area (Å²) in [4.78, 5) is 20.1. The van der Waals surface area contributed by atoms with Crippen LogP contribution in [0.15, 0.2) is 15.4 Å². The summed E-state index contributed by atoms with van der Waals surface area (Å²) in [6, 6.07) is 0. The van der Waals surface area contributed by atoms with Gasteiger partial charge in [0.25, 0.3) is 0 Å². The van der Waals surface area contributed by atoms with Crippen LogP contribution in [0.25, 0.3) is 0 Å². The highest BCUT2D eigenvalue weighted by Crippen LogP contribution is 2.03. The van der Waals surface area contributed by atoms with Crippen molar-refractivity contribution >= 4 is 34.4 Å². The van der Waals surface area contributed by atoms with Crippen LogP contribution in [-0.4, -0.2) is 28.7 Å². The average Bonchev–Trinajstić information content (AvgIpc) is 2.60. The first-order valence-electron chi connectivity index (χ1n) is 5.03. The molecule has 0 saturated carbocycles. The molecular formula is C10H15N3O2S2. The van der Waals surface area contributed by atoms with E-state index in [9.17, 15) is 4.79 Å². The lowest BCUT2D eigenvalue weighted by Crippen LogP contribution is -2.14. The summed E-state index contributed by atoms with van der Waals surface area (Å²) in [6.07, 6.45) is 1.22. The van der Waals surface area contributed by atoms with Gasteiger partial charge in [-0.25, -0.2) is 4.79 Å². The Morgan fingerprint density at radius 1 is 1.65 bits per heavy atom. The molecule has 1 aromatic heterocycles. The molecule has 17 heavy (non-hydrogen) atoms. The smallest absolute Gasteiger partial charge is 0.436 e. The zero-order valence-corrected chi connectivity index (χ0v) is 11.9. The van der Waals surface area contributed by atoms with Gasteiger partial charge in [-0.15, -0.1) is 16.3 Å². The SMILES string of the molecule is CCOC(=O)N=C(N=c1scc(C)n1C)SC. The van der Waals surface area contributed by atoms with E-state index in [-0.39, 0.29) is 0 Å². The highest BCUT2D eigenvalue weighted by Gasteiger charge is 2.03. The second kappa shape index (κ2) is 6.61. The van der Waals surface area contributed by atoms with Crippen LogP contribution in [0.4, 0.5) is 4.79 Å². The minimum Gasteiger partial charge on any atom is -0.448 e. The third-order valence-electron chi connectivity index (χ3n) is 1.98. The number of thioether (sulfide) groups is 1. The highest BCUT2D eigenvalue weighted by atomic mass is 32.2. The zero-order valence-electron chi connectivity index (χ0n) is 10.3. The number of aliphatic imine (C=N–C) groups is 1. The molecule has 1 rings (SSSR count). The Hall–Kier alpha value is -1.08. The van der Waals surface area contributed by atoms with Crippen LogP contribution >= 0.6 is 23.1 Å². The lowest BCUT2D eigenvalue weighted by atomic mass is 10.6. The molecule has 0 unspecified atom stereocenters. The van der Waals surface area contributed by atoms with Crippen molar-refractivity contribution < 1.29 is 9.53 Å². The van der Waals surface area contributed by atoms with Crippen molar-refractivity contribution in [2.45, 2.75) is 13.8 Å². The van der Waals surface area contributed by atoms with Crippen LogP contribution in [0.2, 0.25) is 0 Å². The summed E-state index contributed by atoms with van der Waals surface area (Å²) in [5.74, 6) is 0. The number of carbonyl (C=O) groups is 1. The predicted octanol–water partition coefficient (Wildman–Crippen LogP) is 2.17.